The van der Waals surface area contributed by atoms with E-state index in [2.05, 4.69) is 12.0 Å². The summed E-state index contributed by atoms with van der Waals surface area (Å²) in [7, 11) is 0. The number of unbranched alkanes of at least 4 members (excludes halogenated alkanes) is 5. The molecule has 18 heavy (non-hydrogen) atoms. The van der Waals surface area contributed by atoms with Gasteiger partial charge in [0.15, 0.2) is 5.78 Å². The summed E-state index contributed by atoms with van der Waals surface area (Å²) >= 11 is 0. The fourth-order valence-electron chi connectivity index (χ4n) is 2.47. The summed E-state index contributed by atoms with van der Waals surface area (Å²) in [6, 6.07) is 0. The highest BCUT2D eigenvalue weighted by molar-refractivity contribution is 5.96. The van der Waals surface area contributed by atoms with Crippen molar-refractivity contribution in [3.8, 4) is 0 Å². The molecule has 0 saturated heterocycles. The summed E-state index contributed by atoms with van der Waals surface area (Å²) < 4.78 is 1.99. The molecule has 0 radical (unpaired) electrons. The molecule has 0 saturated carbocycles. The van der Waals surface area contributed by atoms with Gasteiger partial charge < -0.3 is 0 Å². The molecule has 1 aromatic heterocycles. The monoisotopic (exact) mass is 250 g/mol. The zero-order chi connectivity index (χ0) is 13.5. The molecule has 0 aliphatic carbocycles. The van der Waals surface area contributed by atoms with Crippen LogP contribution in [0.25, 0.3) is 0 Å². The Labute approximate surface area is 111 Å². The van der Waals surface area contributed by atoms with Crippen molar-refractivity contribution in [2.45, 2.75) is 72.8 Å². The van der Waals surface area contributed by atoms with Crippen LogP contribution in [0.4, 0.5) is 0 Å². The van der Waals surface area contributed by atoms with Crippen molar-refractivity contribution in [3.05, 3.63) is 17.0 Å². The maximum atomic E-state index is 11.5. The van der Waals surface area contributed by atoms with Crippen LogP contribution in [0.5, 0.6) is 0 Å². The molecule has 0 aliphatic rings. The van der Waals surface area contributed by atoms with Gasteiger partial charge in [0.2, 0.25) is 0 Å². The Balaban J connectivity index is 2.44. The SMILES string of the molecule is CCCCCCCCn1nc(C)c(C(C)=O)c1C. The predicted octanol–water partition coefficient (Wildman–Crippen LogP) is 4.06. The molecule has 0 unspecified atom stereocenters. The van der Waals surface area contributed by atoms with Crippen molar-refractivity contribution < 1.29 is 4.79 Å². The number of nitrogens with zero attached hydrogens (tertiary/aromatic N) is 2. The molecule has 0 fully saturated rings. The van der Waals surface area contributed by atoms with Crippen molar-refractivity contribution in [2.75, 3.05) is 0 Å². The molecule has 0 aliphatic heterocycles. The van der Waals surface area contributed by atoms with Crippen LogP contribution in [0.15, 0.2) is 0 Å². The molecule has 1 rings (SSSR count). The Hall–Kier alpha value is -1.12. The number of ketones is 1. The molecule has 0 amide bonds. The van der Waals surface area contributed by atoms with Gasteiger partial charge in [0, 0.05) is 12.2 Å². The molecular weight excluding hydrogens is 224 g/mol. The fraction of sp³-hybridized carbons (Fsp3) is 0.733. The number of aromatic nitrogens is 2. The molecule has 0 spiro atoms. The number of hydrogen-bond donors (Lipinski definition) is 0. The van der Waals surface area contributed by atoms with E-state index < -0.39 is 0 Å². The molecule has 102 valence electrons. The summed E-state index contributed by atoms with van der Waals surface area (Å²) in [6.45, 7) is 8.70. The lowest BCUT2D eigenvalue weighted by atomic mass is 10.1. The molecule has 0 bridgehead atoms. The zero-order valence-electron chi connectivity index (χ0n) is 12.3. The Morgan fingerprint density at radius 1 is 1.11 bits per heavy atom. The summed E-state index contributed by atoms with van der Waals surface area (Å²) in [6.07, 6.45) is 7.70. The van der Waals surface area contributed by atoms with Crippen LogP contribution in [-0.4, -0.2) is 15.6 Å². The van der Waals surface area contributed by atoms with E-state index in [-0.39, 0.29) is 5.78 Å². The van der Waals surface area contributed by atoms with Crippen LogP contribution < -0.4 is 0 Å². The lowest BCUT2D eigenvalue weighted by molar-refractivity contribution is 0.101. The van der Waals surface area contributed by atoms with E-state index in [1.54, 1.807) is 6.92 Å². The van der Waals surface area contributed by atoms with Crippen molar-refractivity contribution in [3.63, 3.8) is 0 Å². The predicted molar refractivity (Wildman–Crippen MR) is 75.1 cm³/mol. The lowest BCUT2D eigenvalue weighted by Crippen LogP contribution is -2.04. The zero-order valence-corrected chi connectivity index (χ0v) is 12.3. The van der Waals surface area contributed by atoms with Crippen molar-refractivity contribution >= 4 is 5.78 Å². The summed E-state index contributed by atoms with van der Waals surface area (Å²) in [4.78, 5) is 11.5. The molecule has 1 aromatic rings. The van der Waals surface area contributed by atoms with Crippen LogP contribution in [0.2, 0.25) is 0 Å². The Kier molecular flexibility index (Phi) is 6.10. The van der Waals surface area contributed by atoms with Crippen molar-refractivity contribution in [1.82, 2.24) is 9.78 Å². The first-order chi connectivity index (χ1) is 8.57. The number of rotatable bonds is 8. The third kappa shape index (κ3) is 3.97. The van der Waals surface area contributed by atoms with E-state index in [4.69, 9.17) is 0 Å². The average molecular weight is 250 g/mol. The number of hydrogen-bond acceptors (Lipinski definition) is 2. The largest absolute Gasteiger partial charge is 0.294 e. The highest BCUT2D eigenvalue weighted by Gasteiger charge is 2.14. The number of carbonyl (C=O) groups excluding carboxylic acids is 1. The molecule has 1 heterocycles. The van der Waals surface area contributed by atoms with Crippen molar-refractivity contribution in [1.29, 1.82) is 0 Å². The van der Waals surface area contributed by atoms with Gasteiger partial charge in [0.25, 0.3) is 0 Å². The first kappa shape index (κ1) is 14.9. The van der Waals surface area contributed by atoms with E-state index in [0.29, 0.717) is 0 Å². The van der Waals surface area contributed by atoms with Crippen LogP contribution in [0.3, 0.4) is 0 Å². The second kappa shape index (κ2) is 7.34. The number of carbonyl (C=O) groups is 1. The van der Waals surface area contributed by atoms with Gasteiger partial charge in [0.1, 0.15) is 0 Å². The molecule has 3 heteroatoms. The number of aryl methyl sites for hydroxylation is 2. The van der Waals surface area contributed by atoms with Gasteiger partial charge in [0.05, 0.1) is 11.3 Å². The van der Waals surface area contributed by atoms with Gasteiger partial charge in [-0.2, -0.15) is 5.10 Å². The van der Waals surface area contributed by atoms with E-state index >= 15 is 0 Å². The van der Waals surface area contributed by atoms with Gasteiger partial charge in [-0.25, -0.2) is 0 Å². The Morgan fingerprint density at radius 3 is 2.28 bits per heavy atom. The third-order valence-corrected chi connectivity index (χ3v) is 3.46. The van der Waals surface area contributed by atoms with Gasteiger partial charge in [-0.15, -0.1) is 0 Å². The van der Waals surface area contributed by atoms with Gasteiger partial charge in [-0.05, 0) is 27.2 Å². The average Bonchev–Trinajstić information content (AvgIpc) is 2.59. The molecule has 0 N–H and O–H groups in total. The second-order valence-corrected chi connectivity index (χ2v) is 5.09. The number of Topliss-reactive ketones (excluding diaryl/α,β-unsaturated/α-hetero) is 1. The van der Waals surface area contributed by atoms with E-state index in [0.717, 1.165) is 29.9 Å². The normalized spacial score (nSPS) is 10.9. The quantitative estimate of drug-likeness (QED) is 0.515. The maximum absolute atomic E-state index is 11.5. The molecule has 0 atom stereocenters. The first-order valence-electron chi connectivity index (χ1n) is 7.12. The van der Waals surface area contributed by atoms with Gasteiger partial charge in [-0.3, -0.25) is 9.48 Å². The van der Waals surface area contributed by atoms with Crippen LogP contribution >= 0.6 is 0 Å². The molecule has 3 nitrogen and oxygen atoms in total. The third-order valence-electron chi connectivity index (χ3n) is 3.46. The minimum absolute atomic E-state index is 0.124. The van der Waals surface area contributed by atoms with Crippen LogP contribution in [0.1, 0.15) is 74.1 Å². The summed E-state index contributed by atoms with van der Waals surface area (Å²) in [5, 5.41) is 4.46. The van der Waals surface area contributed by atoms with Gasteiger partial charge >= 0.3 is 0 Å². The van der Waals surface area contributed by atoms with Crippen molar-refractivity contribution in [2.24, 2.45) is 0 Å². The van der Waals surface area contributed by atoms with E-state index in [9.17, 15) is 4.79 Å². The second-order valence-electron chi connectivity index (χ2n) is 5.09. The van der Waals surface area contributed by atoms with Gasteiger partial charge in [-0.1, -0.05) is 39.0 Å². The topological polar surface area (TPSA) is 34.9 Å². The molecule has 0 aromatic carbocycles. The van der Waals surface area contributed by atoms with E-state index in [1.165, 1.54) is 32.1 Å². The summed E-state index contributed by atoms with van der Waals surface area (Å²) in [5.74, 6) is 0.124. The van der Waals surface area contributed by atoms with E-state index in [1.807, 2.05) is 18.5 Å². The lowest BCUT2D eigenvalue weighted by Gasteiger charge is -2.04. The first-order valence-corrected chi connectivity index (χ1v) is 7.12. The highest BCUT2D eigenvalue weighted by atomic mass is 16.1. The fourth-order valence-corrected chi connectivity index (χ4v) is 2.47. The minimum atomic E-state index is 0.124. The minimum Gasteiger partial charge on any atom is -0.294 e. The van der Waals surface area contributed by atoms with Crippen LogP contribution in [0, 0.1) is 13.8 Å². The van der Waals surface area contributed by atoms with Crippen LogP contribution in [-0.2, 0) is 6.54 Å². The Morgan fingerprint density at radius 2 is 1.72 bits per heavy atom. The maximum Gasteiger partial charge on any atom is 0.163 e. The highest BCUT2D eigenvalue weighted by Crippen LogP contribution is 2.15. The summed E-state index contributed by atoms with van der Waals surface area (Å²) in [5.41, 5.74) is 2.69. The smallest absolute Gasteiger partial charge is 0.163 e. The molecular formula is C15H26N2O. The standard InChI is InChI=1S/C15H26N2O/c1-5-6-7-8-9-10-11-17-13(3)15(14(4)18)12(2)16-17/h5-11H2,1-4H3. The Bertz CT molecular complexity index is 393.